The van der Waals surface area contributed by atoms with Crippen molar-refractivity contribution in [2.24, 2.45) is 0 Å². The van der Waals surface area contributed by atoms with Gasteiger partial charge < -0.3 is 19.5 Å². The van der Waals surface area contributed by atoms with E-state index in [9.17, 15) is 14.4 Å². The number of methoxy groups -OCH3 is 1. The third-order valence-corrected chi connectivity index (χ3v) is 3.44. The van der Waals surface area contributed by atoms with E-state index in [-0.39, 0.29) is 31.2 Å². The van der Waals surface area contributed by atoms with Crippen LogP contribution in [0.25, 0.3) is 0 Å². The summed E-state index contributed by atoms with van der Waals surface area (Å²) >= 11 is 4.89. The molecular weight excluding hydrogens is 386 g/mol. The topological polar surface area (TPSA) is 115 Å². The van der Waals surface area contributed by atoms with Gasteiger partial charge in [0.2, 0.25) is 5.91 Å². The monoisotopic (exact) mass is 411 g/mol. The van der Waals surface area contributed by atoms with E-state index < -0.39 is 17.8 Å². The average Bonchev–Trinajstić information content (AvgIpc) is 2.62. The SMILES string of the molecule is COCCOC(=O)CCC(=O)NC(=S)NNC(=O)COc1cc(C)cc(C)c1. The molecule has 0 aliphatic carbocycles. The van der Waals surface area contributed by atoms with Gasteiger partial charge in [0.15, 0.2) is 11.7 Å². The number of carbonyl (C=O) groups is 3. The lowest BCUT2D eigenvalue weighted by Gasteiger charge is -2.12. The van der Waals surface area contributed by atoms with Crippen molar-refractivity contribution in [1.29, 1.82) is 0 Å². The molecule has 0 heterocycles. The fourth-order valence-corrected chi connectivity index (χ4v) is 2.24. The Morgan fingerprint density at radius 3 is 2.29 bits per heavy atom. The molecule has 10 heteroatoms. The Morgan fingerprint density at radius 1 is 0.964 bits per heavy atom. The second kappa shape index (κ2) is 12.6. The number of benzene rings is 1. The minimum Gasteiger partial charge on any atom is -0.484 e. The van der Waals surface area contributed by atoms with E-state index in [0.29, 0.717) is 12.4 Å². The van der Waals surface area contributed by atoms with Crippen molar-refractivity contribution in [3.05, 3.63) is 29.3 Å². The molecule has 1 rings (SSSR count). The third kappa shape index (κ3) is 10.4. The van der Waals surface area contributed by atoms with Gasteiger partial charge in [0.05, 0.1) is 13.0 Å². The number of ether oxygens (including phenoxy) is 3. The molecule has 154 valence electrons. The maximum atomic E-state index is 11.8. The smallest absolute Gasteiger partial charge is 0.306 e. The zero-order chi connectivity index (χ0) is 20.9. The number of aryl methyl sites for hydroxylation is 2. The summed E-state index contributed by atoms with van der Waals surface area (Å²) < 4.78 is 15.0. The normalized spacial score (nSPS) is 9.96. The standard InChI is InChI=1S/C18H25N3O6S/c1-12-8-13(2)10-14(9-12)27-11-16(23)20-21-18(28)19-15(22)4-5-17(24)26-7-6-25-3/h8-10H,4-7,11H2,1-3H3,(H,20,23)(H2,19,21,22,28). The van der Waals surface area contributed by atoms with E-state index in [0.717, 1.165) is 11.1 Å². The molecule has 0 saturated carbocycles. The van der Waals surface area contributed by atoms with Gasteiger partial charge in [-0.05, 0) is 49.3 Å². The van der Waals surface area contributed by atoms with Crippen LogP contribution in [0, 0.1) is 13.8 Å². The Labute approximate surface area is 169 Å². The molecule has 9 nitrogen and oxygen atoms in total. The van der Waals surface area contributed by atoms with Gasteiger partial charge in [0.1, 0.15) is 12.4 Å². The number of hydrazine groups is 1. The first-order valence-corrected chi connectivity index (χ1v) is 8.95. The molecule has 1 aromatic carbocycles. The van der Waals surface area contributed by atoms with Crippen LogP contribution in [-0.4, -0.2) is 49.8 Å². The molecule has 0 aliphatic rings. The largest absolute Gasteiger partial charge is 0.484 e. The van der Waals surface area contributed by atoms with E-state index in [1.165, 1.54) is 7.11 Å². The maximum Gasteiger partial charge on any atom is 0.306 e. The Kier molecular flexibility index (Phi) is 10.5. The van der Waals surface area contributed by atoms with Gasteiger partial charge in [-0.1, -0.05) is 6.07 Å². The summed E-state index contributed by atoms with van der Waals surface area (Å²) in [6.45, 7) is 4.07. The van der Waals surface area contributed by atoms with E-state index in [1.807, 2.05) is 32.0 Å². The minimum atomic E-state index is -0.511. The third-order valence-electron chi connectivity index (χ3n) is 3.24. The zero-order valence-corrected chi connectivity index (χ0v) is 16.9. The first-order chi connectivity index (χ1) is 13.3. The Bertz CT molecular complexity index is 690. The van der Waals surface area contributed by atoms with E-state index in [4.69, 9.17) is 26.4 Å². The van der Waals surface area contributed by atoms with Gasteiger partial charge in [-0.3, -0.25) is 25.2 Å². The molecule has 1 aromatic rings. The average molecular weight is 411 g/mol. The van der Waals surface area contributed by atoms with Crippen LogP contribution in [0.3, 0.4) is 0 Å². The number of rotatable bonds is 9. The van der Waals surface area contributed by atoms with Crippen molar-refractivity contribution < 1.29 is 28.6 Å². The lowest BCUT2D eigenvalue weighted by Crippen LogP contribution is -2.49. The van der Waals surface area contributed by atoms with Crippen LogP contribution >= 0.6 is 12.2 Å². The van der Waals surface area contributed by atoms with E-state index in [1.54, 1.807) is 0 Å². The van der Waals surface area contributed by atoms with Crippen LogP contribution in [0.4, 0.5) is 0 Å². The highest BCUT2D eigenvalue weighted by Crippen LogP contribution is 2.15. The van der Waals surface area contributed by atoms with Crippen molar-refractivity contribution in [3.63, 3.8) is 0 Å². The molecule has 0 aromatic heterocycles. The van der Waals surface area contributed by atoms with E-state index >= 15 is 0 Å². The quantitative estimate of drug-likeness (QED) is 0.235. The lowest BCUT2D eigenvalue weighted by molar-refractivity contribution is -0.146. The first kappa shape index (κ1) is 23.3. The molecule has 0 saturated heterocycles. The molecule has 0 spiro atoms. The van der Waals surface area contributed by atoms with Crippen LogP contribution in [0.15, 0.2) is 18.2 Å². The number of thiocarbonyl (C=S) groups is 1. The van der Waals surface area contributed by atoms with Crippen molar-refractivity contribution in [3.8, 4) is 5.75 Å². The minimum absolute atomic E-state index is 0.0890. The fraction of sp³-hybridized carbons (Fsp3) is 0.444. The molecule has 0 aliphatic heterocycles. The highest BCUT2D eigenvalue weighted by atomic mass is 32.1. The number of hydrogen-bond acceptors (Lipinski definition) is 7. The van der Waals surface area contributed by atoms with Crippen molar-refractivity contribution in [2.45, 2.75) is 26.7 Å². The van der Waals surface area contributed by atoms with Crippen molar-refractivity contribution in [2.75, 3.05) is 26.9 Å². The zero-order valence-electron chi connectivity index (χ0n) is 16.1. The van der Waals surface area contributed by atoms with Gasteiger partial charge in [-0.2, -0.15) is 0 Å². The predicted molar refractivity (Wildman–Crippen MR) is 105 cm³/mol. The number of esters is 1. The summed E-state index contributed by atoms with van der Waals surface area (Å²) in [4.78, 5) is 34.8. The molecular formula is C18H25N3O6S. The Morgan fingerprint density at radius 2 is 1.64 bits per heavy atom. The van der Waals surface area contributed by atoms with Crippen LogP contribution in [0.2, 0.25) is 0 Å². The molecule has 0 atom stereocenters. The molecule has 0 unspecified atom stereocenters. The lowest BCUT2D eigenvalue weighted by atomic mass is 10.1. The Balaban J connectivity index is 2.21. The predicted octanol–water partition coefficient (Wildman–Crippen LogP) is 0.674. The summed E-state index contributed by atoms with van der Waals surface area (Å²) in [6, 6.07) is 5.63. The van der Waals surface area contributed by atoms with Gasteiger partial charge >= 0.3 is 5.97 Å². The number of hydrogen-bond donors (Lipinski definition) is 3. The number of carbonyl (C=O) groups excluding carboxylic acids is 3. The van der Waals surface area contributed by atoms with Crippen LogP contribution in [-0.2, 0) is 23.9 Å². The summed E-state index contributed by atoms with van der Waals surface area (Å²) in [5, 5.41) is 2.24. The van der Waals surface area contributed by atoms with Gasteiger partial charge in [-0.25, -0.2) is 0 Å². The Hall–Kier alpha value is -2.72. The van der Waals surface area contributed by atoms with Crippen molar-refractivity contribution >= 4 is 35.1 Å². The molecule has 28 heavy (non-hydrogen) atoms. The van der Waals surface area contributed by atoms with Crippen LogP contribution < -0.4 is 20.9 Å². The summed E-state index contributed by atoms with van der Waals surface area (Å²) in [6.07, 6.45) is -0.189. The second-order valence-corrected chi connectivity index (χ2v) is 6.28. The van der Waals surface area contributed by atoms with Crippen LogP contribution in [0.1, 0.15) is 24.0 Å². The number of nitrogens with one attached hydrogen (secondary N) is 3. The summed E-state index contributed by atoms with van der Waals surface area (Å²) in [5.74, 6) is -0.886. The number of amides is 2. The molecule has 3 N–H and O–H groups in total. The van der Waals surface area contributed by atoms with Gasteiger partial charge in [0, 0.05) is 13.5 Å². The highest BCUT2D eigenvalue weighted by molar-refractivity contribution is 7.80. The maximum absolute atomic E-state index is 11.8. The molecule has 0 bridgehead atoms. The van der Waals surface area contributed by atoms with E-state index in [2.05, 4.69) is 16.2 Å². The molecule has 0 radical (unpaired) electrons. The summed E-state index contributed by atoms with van der Waals surface area (Å²) in [5.41, 5.74) is 6.76. The van der Waals surface area contributed by atoms with Crippen molar-refractivity contribution in [1.82, 2.24) is 16.2 Å². The first-order valence-electron chi connectivity index (χ1n) is 8.54. The van der Waals surface area contributed by atoms with Gasteiger partial charge in [0.25, 0.3) is 5.91 Å². The highest BCUT2D eigenvalue weighted by Gasteiger charge is 2.10. The fourth-order valence-electron chi connectivity index (χ4n) is 2.07. The van der Waals surface area contributed by atoms with Gasteiger partial charge in [-0.15, -0.1) is 0 Å². The molecule has 0 fully saturated rings. The summed E-state index contributed by atoms with van der Waals surface area (Å²) in [7, 11) is 1.49. The molecule has 2 amide bonds. The van der Waals surface area contributed by atoms with Crippen LogP contribution in [0.5, 0.6) is 5.75 Å². The second-order valence-electron chi connectivity index (χ2n) is 5.88.